The number of aldehydes is 1. The molecule has 0 bridgehead atoms. The van der Waals surface area contributed by atoms with Gasteiger partial charge in [0.1, 0.15) is 6.29 Å². The number of carbonyl (C=O) groups is 1. The predicted octanol–water partition coefficient (Wildman–Crippen LogP) is 6.64. The number of rotatable bonds is 5. The molecular weight excluding hydrogens is 330 g/mol. The molecule has 0 aliphatic heterocycles. The molecular formula is C25H19NO. The van der Waals surface area contributed by atoms with Crippen LogP contribution in [0.4, 0.5) is 17.1 Å². The molecule has 130 valence electrons. The molecule has 4 rings (SSSR count). The Morgan fingerprint density at radius 2 is 0.926 bits per heavy atom. The molecule has 0 N–H and O–H groups in total. The van der Waals surface area contributed by atoms with Crippen molar-refractivity contribution in [1.29, 1.82) is 0 Å². The van der Waals surface area contributed by atoms with E-state index in [0.717, 1.165) is 23.3 Å². The van der Waals surface area contributed by atoms with Gasteiger partial charge in [0, 0.05) is 22.6 Å². The second kappa shape index (κ2) is 7.71. The standard InChI is InChI=1S/C25H19NO/c27-19-20-11-15-24(16-12-20)26(23-9-5-2-6-10-23)25-17-13-22(14-18-25)21-7-3-1-4-8-21/h1-19H. The van der Waals surface area contributed by atoms with E-state index in [2.05, 4.69) is 53.4 Å². The van der Waals surface area contributed by atoms with Crippen molar-refractivity contribution in [2.75, 3.05) is 4.90 Å². The number of anilines is 3. The third kappa shape index (κ3) is 3.65. The van der Waals surface area contributed by atoms with E-state index in [1.54, 1.807) is 0 Å². The maximum Gasteiger partial charge on any atom is 0.150 e. The van der Waals surface area contributed by atoms with E-state index in [1.165, 1.54) is 11.1 Å². The molecule has 0 unspecified atom stereocenters. The molecule has 0 fully saturated rings. The van der Waals surface area contributed by atoms with Gasteiger partial charge in [-0.25, -0.2) is 0 Å². The van der Waals surface area contributed by atoms with Gasteiger partial charge >= 0.3 is 0 Å². The van der Waals surface area contributed by atoms with Crippen LogP contribution in [0.2, 0.25) is 0 Å². The zero-order valence-electron chi connectivity index (χ0n) is 14.8. The molecule has 0 radical (unpaired) electrons. The highest BCUT2D eigenvalue weighted by atomic mass is 16.1. The SMILES string of the molecule is O=Cc1ccc(N(c2ccccc2)c2ccc(-c3ccccc3)cc2)cc1. The van der Waals surface area contributed by atoms with Crippen molar-refractivity contribution in [1.82, 2.24) is 0 Å². The highest BCUT2D eigenvalue weighted by Gasteiger charge is 2.12. The molecule has 0 spiro atoms. The topological polar surface area (TPSA) is 20.3 Å². The fourth-order valence-electron chi connectivity index (χ4n) is 3.16. The van der Waals surface area contributed by atoms with Crippen LogP contribution in [0.25, 0.3) is 11.1 Å². The summed E-state index contributed by atoms with van der Waals surface area (Å²) in [5.74, 6) is 0. The Kier molecular flexibility index (Phi) is 4.80. The van der Waals surface area contributed by atoms with E-state index in [4.69, 9.17) is 0 Å². The Bertz CT molecular complexity index is 1010. The zero-order chi connectivity index (χ0) is 18.5. The highest BCUT2D eigenvalue weighted by Crippen LogP contribution is 2.35. The number of benzene rings is 4. The molecule has 0 aliphatic rings. The maximum absolute atomic E-state index is 11.0. The largest absolute Gasteiger partial charge is 0.311 e. The Hall–Kier alpha value is -3.65. The molecule has 4 aromatic carbocycles. The third-order valence-corrected chi connectivity index (χ3v) is 4.53. The third-order valence-electron chi connectivity index (χ3n) is 4.53. The van der Waals surface area contributed by atoms with Crippen LogP contribution < -0.4 is 4.90 Å². The fraction of sp³-hybridized carbons (Fsp3) is 0. The summed E-state index contributed by atoms with van der Waals surface area (Å²) in [5, 5.41) is 0. The van der Waals surface area contributed by atoms with Gasteiger partial charge < -0.3 is 4.90 Å². The average Bonchev–Trinajstić information content (AvgIpc) is 2.76. The monoisotopic (exact) mass is 349 g/mol. The smallest absolute Gasteiger partial charge is 0.150 e. The van der Waals surface area contributed by atoms with E-state index in [0.29, 0.717) is 5.56 Å². The lowest BCUT2D eigenvalue weighted by Gasteiger charge is -2.25. The first kappa shape index (κ1) is 16.8. The highest BCUT2D eigenvalue weighted by molar-refractivity contribution is 5.81. The van der Waals surface area contributed by atoms with Gasteiger partial charge in [-0.2, -0.15) is 0 Å². The molecule has 0 heterocycles. The van der Waals surface area contributed by atoms with Gasteiger partial charge in [0.2, 0.25) is 0 Å². The normalized spacial score (nSPS) is 10.4. The minimum atomic E-state index is 0.672. The molecule has 0 saturated heterocycles. The Morgan fingerprint density at radius 3 is 1.48 bits per heavy atom. The molecule has 2 heteroatoms. The van der Waals surface area contributed by atoms with Crippen LogP contribution in [0.1, 0.15) is 10.4 Å². The second-order valence-corrected chi connectivity index (χ2v) is 6.29. The van der Waals surface area contributed by atoms with Gasteiger partial charge in [-0.1, -0.05) is 60.7 Å². The van der Waals surface area contributed by atoms with Crippen LogP contribution in [0, 0.1) is 0 Å². The lowest BCUT2D eigenvalue weighted by Crippen LogP contribution is -2.09. The Balaban J connectivity index is 1.75. The number of carbonyl (C=O) groups excluding carboxylic acids is 1. The summed E-state index contributed by atoms with van der Waals surface area (Å²) in [6.45, 7) is 0. The lowest BCUT2D eigenvalue weighted by atomic mass is 10.0. The Labute approximate surface area is 159 Å². The van der Waals surface area contributed by atoms with E-state index >= 15 is 0 Å². The summed E-state index contributed by atoms with van der Waals surface area (Å²) in [5.41, 5.74) is 6.21. The summed E-state index contributed by atoms with van der Waals surface area (Å²) < 4.78 is 0. The number of hydrogen-bond donors (Lipinski definition) is 0. The maximum atomic E-state index is 11.0. The fourth-order valence-corrected chi connectivity index (χ4v) is 3.16. The summed E-state index contributed by atoms with van der Waals surface area (Å²) in [4.78, 5) is 13.2. The first-order chi connectivity index (χ1) is 13.3. The lowest BCUT2D eigenvalue weighted by molar-refractivity contribution is 0.112. The van der Waals surface area contributed by atoms with Crippen molar-refractivity contribution in [3.63, 3.8) is 0 Å². The number of para-hydroxylation sites is 1. The van der Waals surface area contributed by atoms with Crippen LogP contribution in [-0.4, -0.2) is 6.29 Å². The molecule has 0 amide bonds. The number of hydrogen-bond acceptors (Lipinski definition) is 2. The molecule has 27 heavy (non-hydrogen) atoms. The minimum Gasteiger partial charge on any atom is -0.311 e. The first-order valence-corrected chi connectivity index (χ1v) is 8.91. The molecule has 4 aromatic rings. The van der Waals surface area contributed by atoms with Crippen LogP contribution in [0.15, 0.2) is 109 Å². The molecule has 0 aromatic heterocycles. The molecule has 0 saturated carbocycles. The predicted molar refractivity (Wildman–Crippen MR) is 112 cm³/mol. The minimum absolute atomic E-state index is 0.672. The van der Waals surface area contributed by atoms with Gasteiger partial charge in [-0.05, 0) is 59.7 Å². The van der Waals surface area contributed by atoms with Gasteiger partial charge in [0.25, 0.3) is 0 Å². The van der Waals surface area contributed by atoms with Crippen molar-refractivity contribution in [3.8, 4) is 11.1 Å². The van der Waals surface area contributed by atoms with E-state index in [-0.39, 0.29) is 0 Å². The van der Waals surface area contributed by atoms with Crippen molar-refractivity contribution < 1.29 is 4.79 Å². The van der Waals surface area contributed by atoms with E-state index in [1.807, 2.05) is 60.7 Å². The summed E-state index contributed by atoms with van der Waals surface area (Å²) >= 11 is 0. The molecule has 0 atom stereocenters. The quantitative estimate of drug-likeness (QED) is 0.377. The van der Waals surface area contributed by atoms with Crippen LogP contribution >= 0.6 is 0 Å². The van der Waals surface area contributed by atoms with Crippen molar-refractivity contribution in [2.45, 2.75) is 0 Å². The van der Waals surface area contributed by atoms with Crippen molar-refractivity contribution >= 4 is 23.3 Å². The zero-order valence-corrected chi connectivity index (χ0v) is 14.8. The number of nitrogens with zero attached hydrogens (tertiary/aromatic N) is 1. The van der Waals surface area contributed by atoms with Crippen molar-refractivity contribution in [2.24, 2.45) is 0 Å². The molecule has 0 aliphatic carbocycles. The molecule has 2 nitrogen and oxygen atoms in total. The second-order valence-electron chi connectivity index (χ2n) is 6.29. The van der Waals surface area contributed by atoms with Gasteiger partial charge in [-0.3, -0.25) is 4.79 Å². The summed E-state index contributed by atoms with van der Waals surface area (Å²) in [6.07, 6.45) is 0.866. The average molecular weight is 349 g/mol. The van der Waals surface area contributed by atoms with Gasteiger partial charge in [-0.15, -0.1) is 0 Å². The summed E-state index contributed by atoms with van der Waals surface area (Å²) in [6, 6.07) is 36.8. The van der Waals surface area contributed by atoms with Crippen LogP contribution in [0.5, 0.6) is 0 Å². The van der Waals surface area contributed by atoms with Crippen LogP contribution in [0.3, 0.4) is 0 Å². The van der Waals surface area contributed by atoms with E-state index < -0.39 is 0 Å². The Morgan fingerprint density at radius 1 is 0.481 bits per heavy atom. The first-order valence-electron chi connectivity index (χ1n) is 8.91. The van der Waals surface area contributed by atoms with Crippen LogP contribution in [-0.2, 0) is 0 Å². The van der Waals surface area contributed by atoms with Crippen molar-refractivity contribution in [3.05, 3.63) is 115 Å². The van der Waals surface area contributed by atoms with Gasteiger partial charge in [0.15, 0.2) is 0 Å². The summed E-state index contributed by atoms with van der Waals surface area (Å²) in [7, 11) is 0. The van der Waals surface area contributed by atoms with Gasteiger partial charge in [0.05, 0.1) is 0 Å². The van der Waals surface area contributed by atoms with E-state index in [9.17, 15) is 4.79 Å².